The molecule has 0 radical (unpaired) electrons. The van der Waals surface area contributed by atoms with E-state index in [2.05, 4.69) is 0 Å². The van der Waals surface area contributed by atoms with Crippen LogP contribution in [-0.4, -0.2) is 42.4 Å². The van der Waals surface area contributed by atoms with Gasteiger partial charge in [-0.3, -0.25) is 4.79 Å². The molecule has 0 aromatic rings. The predicted molar refractivity (Wildman–Crippen MR) is 62.3 cm³/mol. The van der Waals surface area contributed by atoms with Crippen LogP contribution >= 0.6 is 0 Å². The van der Waals surface area contributed by atoms with Crippen LogP contribution in [0.5, 0.6) is 0 Å². The third-order valence-electron chi connectivity index (χ3n) is 3.04. The van der Waals surface area contributed by atoms with E-state index in [0.717, 1.165) is 25.7 Å². The molecular weight excluding hydrogens is 246 g/mol. The molecule has 0 spiro atoms. The summed E-state index contributed by atoms with van der Waals surface area (Å²) in [5.41, 5.74) is 5.34. The van der Waals surface area contributed by atoms with Crippen molar-refractivity contribution in [3.8, 4) is 0 Å². The van der Waals surface area contributed by atoms with E-state index in [1.165, 1.54) is 4.31 Å². The molecule has 1 aliphatic carbocycles. The Hall–Kier alpha value is -0.700. The lowest BCUT2D eigenvalue weighted by Crippen LogP contribution is -2.45. The van der Waals surface area contributed by atoms with Crippen LogP contribution in [-0.2, 0) is 15.0 Å². The van der Waals surface area contributed by atoms with Crippen LogP contribution in [0.15, 0.2) is 0 Å². The Morgan fingerprint density at radius 1 is 1.41 bits per heavy atom. The summed E-state index contributed by atoms with van der Waals surface area (Å²) in [7, 11) is -3.78. The van der Waals surface area contributed by atoms with Gasteiger partial charge in [0.1, 0.15) is 6.04 Å². The van der Waals surface area contributed by atoms with E-state index in [4.69, 9.17) is 16.0 Å². The number of aliphatic carboxylic acids is 1. The molecule has 7 nitrogen and oxygen atoms in total. The fourth-order valence-electron chi connectivity index (χ4n) is 2.10. The first-order valence-corrected chi connectivity index (χ1v) is 7.10. The molecule has 1 aliphatic rings. The van der Waals surface area contributed by atoms with E-state index in [1.54, 1.807) is 0 Å². The number of carboxylic acids is 1. The van der Waals surface area contributed by atoms with E-state index in [1.807, 2.05) is 0 Å². The summed E-state index contributed by atoms with van der Waals surface area (Å²) in [5, 5.41) is 13.8. The van der Waals surface area contributed by atoms with Crippen LogP contribution in [0.25, 0.3) is 0 Å². The molecule has 0 aliphatic heterocycles. The molecule has 0 aromatic carbocycles. The van der Waals surface area contributed by atoms with Crippen molar-refractivity contribution in [1.29, 1.82) is 0 Å². The molecule has 0 heterocycles. The molecule has 8 heteroatoms. The van der Waals surface area contributed by atoms with Gasteiger partial charge < -0.3 is 10.8 Å². The standard InChI is InChI=1S/C9H19N3O4S/c10-8(9(13)14)5-6-12(17(11,15)16)7-3-1-2-4-7/h7-8H,1-6,10H2,(H,13,14)(H2,11,15,16)/t8-/m0/s1. The van der Waals surface area contributed by atoms with E-state index >= 15 is 0 Å². The van der Waals surface area contributed by atoms with Crippen molar-refractivity contribution >= 4 is 16.2 Å². The molecule has 0 amide bonds. The fourth-order valence-corrected chi connectivity index (χ4v) is 3.09. The van der Waals surface area contributed by atoms with Crippen LogP contribution < -0.4 is 10.9 Å². The van der Waals surface area contributed by atoms with Gasteiger partial charge in [0.25, 0.3) is 10.2 Å². The molecule has 17 heavy (non-hydrogen) atoms. The van der Waals surface area contributed by atoms with Crippen molar-refractivity contribution in [3.05, 3.63) is 0 Å². The van der Waals surface area contributed by atoms with Gasteiger partial charge in [-0.2, -0.15) is 12.7 Å². The average Bonchev–Trinajstić information content (AvgIpc) is 2.68. The first-order valence-electron chi connectivity index (χ1n) is 5.60. The molecule has 1 saturated carbocycles. The molecule has 1 fully saturated rings. The van der Waals surface area contributed by atoms with Gasteiger partial charge in [0.2, 0.25) is 0 Å². The minimum atomic E-state index is -3.78. The first-order chi connectivity index (χ1) is 7.82. The van der Waals surface area contributed by atoms with Crippen LogP contribution in [0.4, 0.5) is 0 Å². The van der Waals surface area contributed by atoms with Gasteiger partial charge in [-0.1, -0.05) is 12.8 Å². The van der Waals surface area contributed by atoms with Gasteiger partial charge in [0.15, 0.2) is 0 Å². The second kappa shape index (κ2) is 5.76. The molecular formula is C9H19N3O4S. The van der Waals surface area contributed by atoms with Gasteiger partial charge in [0, 0.05) is 12.6 Å². The molecule has 5 N–H and O–H groups in total. The zero-order valence-corrected chi connectivity index (χ0v) is 10.4. The number of nitrogens with two attached hydrogens (primary N) is 2. The van der Waals surface area contributed by atoms with Crippen molar-refractivity contribution in [3.63, 3.8) is 0 Å². The summed E-state index contributed by atoms with van der Waals surface area (Å²) in [6.45, 7) is 0.0664. The average molecular weight is 265 g/mol. The van der Waals surface area contributed by atoms with Crippen molar-refractivity contribution in [2.75, 3.05) is 6.54 Å². The predicted octanol–water partition coefficient (Wildman–Crippen LogP) is -0.763. The normalized spacial score (nSPS) is 19.7. The third kappa shape index (κ3) is 4.23. The lowest BCUT2D eigenvalue weighted by molar-refractivity contribution is -0.138. The quantitative estimate of drug-likeness (QED) is 0.581. The summed E-state index contributed by atoms with van der Waals surface area (Å²) in [6.07, 6.45) is 3.57. The van der Waals surface area contributed by atoms with Gasteiger partial charge in [0.05, 0.1) is 0 Å². The molecule has 1 rings (SSSR count). The fraction of sp³-hybridized carbons (Fsp3) is 0.889. The molecule has 100 valence electrons. The highest BCUT2D eigenvalue weighted by Crippen LogP contribution is 2.24. The van der Waals surface area contributed by atoms with Gasteiger partial charge >= 0.3 is 5.97 Å². The van der Waals surface area contributed by atoms with Crippen molar-refractivity contribution in [1.82, 2.24) is 4.31 Å². The van der Waals surface area contributed by atoms with Crippen molar-refractivity contribution in [2.24, 2.45) is 10.9 Å². The smallest absolute Gasteiger partial charge is 0.320 e. The van der Waals surface area contributed by atoms with Gasteiger partial charge in [-0.15, -0.1) is 0 Å². The summed E-state index contributed by atoms with van der Waals surface area (Å²) in [6, 6.07) is -1.16. The number of carbonyl (C=O) groups is 1. The minimum absolute atomic E-state index is 0.0664. The number of hydrogen-bond donors (Lipinski definition) is 3. The van der Waals surface area contributed by atoms with Crippen LogP contribution in [0, 0.1) is 0 Å². The summed E-state index contributed by atoms with van der Waals surface area (Å²) >= 11 is 0. The SMILES string of the molecule is N[C@@H](CCN(C1CCCC1)S(N)(=O)=O)C(=O)O. The highest BCUT2D eigenvalue weighted by molar-refractivity contribution is 7.86. The monoisotopic (exact) mass is 265 g/mol. The minimum Gasteiger partial charge on any atom is -0.480 e. The Labute approximate surface area is 101 Å². The summed E-state index contributed by atoms with van der Waals surface area (Å²) in [5.74, 6) is -1.13. The Morgan fingerprint density at radius 3 is 2.35 bits per heavy atom. The van der Waals surface area contributed by atoms with Gasteiger partial charge in [-0.05, 0) is 19.3 Å². The Morgan fingerprint density at radius 2 is 1.94 bits per heavy atom. The van der Waals surface area contributed by atoms with E-state index in [9.17, 15) is 13.2 Å². The number of nitrogens with zero attached hydrogens (tertiary/aromatic N) is 1. The number of carboxylic acid groups (broad SMARTS) is 1. The lowest BCUT2D eigenvalue weighted by Gasteiger charge is -2.26. The molecule has 0 unspecified atom stereocenters. The van der Waals surface area contributed by atoms with E-state index < -0.39 is 22.2 Å². The van der Waals surface area contributed by atoms with Crippen LogP contribution in [0.1, 0.15) is 32.1 Å². The zero-order valence-electron chi connectivity index (χ0n) is 9.58. The Balaban J connectivity index is 2.62. The molecule has 1 atom stereocenters. The maximum absolute atomic E-state index is 11.4. The molecule has 0 saturated heterocycles. The Kier molecular flexibility index (Phi) is 4.87. The zero-order chi connectivity index (χ0) is 13.1. The summed E-state index contributed by atoms with van der Waals surface area (Å²) in [4.78, 5) is 10.6. The number of hydrogen-bond acceptors (Lipinski definition) is 4. The van der Waals surface area contributed by atoms with Gasteiger partial charge in [-0.25, -0.2) is 5.14 Å². The maximum Gasteiger partial charge on any atom is 0.320 e. The second-order valence-electron chi connectivity index (χ2n) is 4.33. The van der Waals surface area contributed by atoms with Crippen LogP contribution in [0.2, 0.25) is 0 Å². The van der Waals surface area contributed by atoms with E-state index in [-0.39, 0.29) is 19.0 Å². The number of rotatable bonds is 6. The topological polar surface area (TPSA) is 127 Å². The molecule has 0 aromatic heterocycles. The Bertz CT molecular complexity index is 364. The molecule has 0 bridgehead atoms. The third-order valence-corrected chi connectivity index (χ3v) is 4.17. The van der Waals surface area contributed by atoms with E-state index in [0.29, 0.717) is 0 Å². The van der Waals surface area contributed by atoms with Crippen molar-refractivity contribution < 1.29 is 18.3 Å². The second-order valence-corrected chi connectivity index (χ2v) is 5.83. The lowest BCUT2D eigenvalue weighted by atomic mass is 10.2. The first kappa shape index (κ1) is 14.4. The maximum atomic E-state index is 11.4. The van der Waals surface area contributed by atoms with Crippen LogP contribution in [0.3, 0.4) is 0 Å². The van der Waals surface area contributed by atoms with Crippen molar-refractivity contribution in [2.45, 2.75) is 44.2 Å². The highest BCUT2D eigenvalue weighted by atomic mass is 32.2. The largest absolute Gasteiger partial charge is 0.480 e. The highest BCUT2D eigenvalue weighted by Gasteiger charge is 2.30. The summed E-state index contributed by atoms with van der Waals surface area (Å²) < 4.78 is 24.0.